The van der Waals surface area contributed by atoms with E-state index in [0.717, 1.165) is 0 Å². The van der Waals surface area contributed by atoms with Crippen LogP contribution < -0.4 is 0 Å². The third-order valence-corrected chi connectivity index (χ3v) is 4.43. The van der Waals surface area contributed by atoms with Gasteiger partial charge >= 0.3 is 0 Å². The topological polar surface area (TPSA) is 99.6 Å². The number of aliphatic hydroxyl groups excluding tert-OH is 1. The zero-order valence-electron chi connectivity index (χ0n) is 12.5. The van der Waals surface area contributed by atoms with Crippen LogP contribution in [0.15, 0.2) is 28.8 Å². The van der Waals surface area contributed by atoms with Crippen molar-refractivity contribution < 1.29 is 19.7 Å². The lowest BCUT2D eigenvalue weighted by molar-refractivity contribution is 0.279. The van der Waals surface area contributed by atoms with Gasteiger partial charge in [-0.25, -0.2) is 4.98 Å². The van der Waals surface area contributed by atoms with Gasteiger partial charge in [-0.2, -0.15) is 0 Å². The Labute approximate surface area is 136 Å². The molecule has 0 bridgehead atoms. The minimum Gasteiger partial charge on any atom is -0.508 e. The molecule has 0 fully saturated rings. The van der Waals surface area contributed by atoms with E-state index in [2.05, 4.69) is 9.97 Å². The van der Waals surface area contributed by atoms with Crippen LogP contribution in [0, 0.1) is 6.92 Å². The smallest absolute Gasteiger partial charge is 0.205 e. The number of aromatic hydroxyl groups is 2. The highest BCUT2D eigenvalue weighted by molar-refractivity contribution is 7.97. The SMILES string of the molecule is Cc1ncc(CO)c(CSCc2nc3ccc(O)cc3o2)c1O. The standard InChI is InChI=1S/C16H16N2O4S/c1-9-16(21)12(10(6-19)5-17-9)7-23-8-15-18-13-3-2-11(20)4-14(13)22-15/h2-5,19-21H,6-8H2,1H3. The van der Waals surface area contributed by atoms with Crippen molar-refractivity contribution in [2.75, 3.05) is 0 Å². The second-order valence-electron chi connectivity index (χ2n) is 5.11. The number of nitrogens with zero attached hydrogens (tertiary/aromatic N) is 2. The van der Waals surface area contributed by atoms with Crippen molar-refractivity contribution in [2.45, 2.75) is 25.0 Å². The van der Waals surface area contributed by atoms with Crippen LogP contribution in [0.25, 0.3) is 11.1 Å². The molecule has 2 heterocycles. The summed E-state index contributed by atoms with van der Waals surface area (Å²) in [4.78, 5) is 8.38. The summed E-state index contributed by atoms with van der Waals surface area (Å²) in [6.07, 6.45) is 1.58. The molecule has 3 aromatic rings. The minimum absolute atomic E-state index is 0.117. The zero-order valence-corrected chi connectivity index (χ0v) is 13.3. The Morgan fingerprint density at radius 3 is 2.83 bits per heavy atom. The molecule has 2 aromatic heterocycles. The predicted octanol–water partition coefficient (Wildman–Crippen LogP) is 2.87. The minimum atomic E-state index is -0.168. The van der Waals surface area contributed by atoms with Gasteiger partial charge in [-0.1, -0.05) is 0 Å². The summed E-state index contributed by atoms with van der Waals surface area (Å²) < 4.78 is 5.58. The number of pyridine rings is 1. The summed E-state index contributed by atoms with van der Waals surface area (Å²) >= 11 is 1.51. The molecule has 3 N–H and O–H groups in total. The van der Waals surface area contributed by atoms with Gasteiger partial charge in [0, 0.05) is 29.1 Å². The van der Waals surface area contributed by atoms with Gasteiger partial charge in [-0.05, 0) is 19.1 Å². The van der Waals surface area contributed by atoms with E-state index in [0.29, 0.717) is 45.3 Å². The number of fused-ring (bicyclic) bond motifs is 1. The maximum atomic E-state index is 10.1. The average Bonchev–Trinajstić information content (AvgIpc) is 2.93. The Morgan fingerprint density at radius 2 is 2.04 bits per heavy atom. The van der Waals surface area contributed by atoms with Crippen molar-refractivity contribution in [3.05, 3.63) is 47.1 Å². The summed E-state index contributed by atoms with van der Waals surface area (Å²) in [7, 11) is 0. The lowest BCUT2D eigenvalue weighted by atomic mass is 10.1. The number of hydrogen-bond acceptors (Lipinski definition) is 7. The number of rotatable bonds is 5. The number of oxazole rings is 1. The van der Waals surface area contributed by atoms with E-state index in [4.69, 9.17) is 4.42 Å². The lowest BCUT2D eigenvalue weighted by Gasteiger charge is -2.10. The summed E-state index contributed by atoms with van der Waals surface area (Å²) in [5, 5.41) is 28.9. The third kappa shape index (κ3) is 3.25. The van der Waals surface area contributed by atoms with E-state index in [1.165, 1.54) is 17.8 Å². The molecular weight excluding hydrogens is 316 g/mol. The van der Waals surface area contributed by atoms with Gasteiger partial charge in [0.2, 0.25) is 5.89 Å². The molecule has 7 heteroatoms. The van der Waals surface area contributed by atoms with Gasteiger partial charge < -0.3 is 19.7 Å². The first-order valence-corrected chi connectivity index (χ1v) is 8.17. The van der Waals surface area contributed by atoms with Crippen LogP contribution in [0.4, 0.5) is 0 Å². The molecule has 0 aliphatic carbocycles. The van der Waals surface area contributed by atoms with Crippen LogP contribution in [0.2, 0.25) is 0 Å². The summed E-state index contributed by atoms with van der Waals surface area (Å²) in [5.41, 5.74) is 3.06. The number of phenols is 1. The second-order valence-corrected chi connectivity index (χ2v) is 6.09. The Morgan fingerprint density at radius 1 is 1.22 bits per heavy atom. The summed E-state index contributed by atoms with van der Waals surface area (Å²) in [5.74, 6) is 1.83. The fourth-order valence-electron chi connectivity index (χ4n) is 2.24. The zero-order chi connectivity index (χ0) is 16.4. The first kappa shape index (κ1) is 15.6. The number of benzene rings is 1. The Bertz CT molecular complexity index is 847. The summed E-state index contributed by atoms with van der Waals surface area (Å²) in [6.45, 7) is 1.55. The number of thioether (sulfide) groups is 1. The van der Waals surface area contributed by atoms with Crippen LogP contribution in [0.1, 0.15) is 22.7 Å². The van der Waals surface area contributed by atoms with Crippen molar-refractivity contribution in [3.8, 4) is 11.5 Å². The quantitative estimate of drug-likeness (QED) is 0.660. The molecule has 0 saturated heterocycles. The van der Waals surface area contributed by atoms with Gasteiger partial charge in [0.15, 0.2) is 5.58 Å². The molecule has 1 aromatic carbocycles. The first-order valence-electron chi connectivity index (χ1n) is 7.02. The van der Waals surface area contributed by atoms with Gasteiger partial charge in [0.05, 0.1) is 18.1 Å². The van der Waals surface area contributed by atoms with Crippen molar-refractivity contribution in [2.24, 2.45) is 0 Å². The van der Waals surface area contributed by atoms with Crippen LogP contribution in [-0.4, -0.2) is 25.3 Å². The highest BCUT2D eigenvalue weighted by Gasteiger charge is 2.13. The van der Waals surface area contributed by atoms with Crippen LogP contribution >= 0.6 is 11.8 Å². The Hall–Kier alpha value is -2.25. The lowest BCUT2D eigenvalue weighted by Crippen LogP contribution is -1.97. The van der Waals surface area contributed by atoms with E-state index in [1.54, 1.807) is 25.3 Å². The van der Waals surface area contributed by atoms with Crippen LogP contribution in [-0.2, 0) is 18.1 Å². The van der Waals surface area contributed by atoms with Gasteiger partial charge in [-0.3, -0.25) is 4.98 Å². The number of aromatic nitrogens is 2. The maximum absolute atomic E-state index is 10.1. The number of aliphatic hydroxyl groups is 1. The van der Waals surface area contributed by atoms with Gasteiger partial charge in [0.1, 0.15) is 17.0 Å². The third-order valence-electron chi connectivity index (χ3n) is 3.49. The van der Waals surface area contributed by atoms with Crippen molar-refractivity contribution >= 4 is 22.9 Å². The van der Waals surface area contributed by atoms with Crippen molar-refractivity contribution in [3.63, 3.8) is 0 Å². The maximum Gasteiger partial charge on any atom is 0.205 e. The largest absolute Gasteiger partial charge is 0.508 e. The predicted molar refractivity (Wildman–Crippen MR) is 87.2 cm³/mol. The van der Waals surface area contributed by atoms with Crippen molar-refractivity contribution in [1.82, 2.24) is 9.97 Å². The summed E-state index contributed by atoms with van der Waals surface area (Å²) in [6, 6.07) is 4.79. The second kappa shape index (κ2) is 6.47. The fraction of sp³-hybridized carbons (Fsp3) is 0.250. The molecule has 0 radical (unpaired) electrons. The van der Waals surface area contributed by atoms with E-state index < -0.39 is 0 Å². The Balaban J connectivity index is 1.72. The van der Waals surface area contributed by atoms with Gasteiger partial charge in [0.25, 0.3) is 0 Å². The van der Waals surface area contributed by atoms with E-state index in [-0.39, 0.29) is 18.1 Å². The molecule has 0 aliphatic heterocycles. The van der Waals surface area contributed by atoms with Gasteiger partial charge in [-0.15, -0.1) is 11.8 Å². The van der Waals surface area contributed by atoms with E-state index >= 15 is 0 Å². The first-order chi connectivity index (χ1) is 11.1. The van der Waals surface area contributed by atoms with Crippen molar-refractivity contribution in [1.29, 1.82) is 0 Å². The molecule has 0 atom stereocenters. The van der Waals surface area contributed by atoms with E-state index in [9.17, 15) is 15.3 Å². The number of aryl methyl sites for hydroxylation is 1. The average molecular weight is 332 g/mol. The fourth-order valence-corrected chi connectivity index (χ4v) is 3.17. The number of phenolic OH excluding ortho intramolecular Hbond substituents is 1. The molecule has 0 amide bonds. The van der Waals surface area contributed by atoms with E-state index in [1.807, 2.05) is 0 Å². The molecule has 0 aliphatic rings. The molecule has 23 heavy (non-hydrogen) atoms. The highest BCUT2D eigenvalue weighted by Crippen LogP contribution is 2.30. The Kier molecular flexibility index (Phi) is 4.40. The number of hydrogen-bond donors (Lipinski definition) is 3. The molecule has 6 nitrogen and oxygen atoms in total. The highest BCUT2D eigenvalue weighted by atomic mass is 32.2. The molecule has 3 rings (SSSR count). The monoisotopic (exact) mass is 332 g/mol. The van der Waals surface area contributed by atoms with Crippen LogP contribution in [0.5, 0.6) is 11.5 Å². The molecular formula is C16H16N2O4S. The molecule has 0 unspecified atom stereocenters. The molecule has 120 valence electrons. The molecule has 0 spiro atoms. The van der Waals surface area contributed by atoms with Crippen LogP contribution in [0.3, 0.4) is 0 Å². The normalized spacial score (nSPS) is 11.2. The molecule has 0 saturated carbocycles.